The van der Waals surface area contributed by atoms with Crippen molar-refractivity contribution in [1.29, 1.82) is 0 Å². The molecule has 2 heterocycles. The van der Waals surface area contributed by atoms with E-state index in [9.17, 15) is 18.0 Å². The summed E-state index contributed by atoms with van der Waals surface area (Å²) >= 11 is 0. The van der Waals surface area contributed by atoms with Crippen molar-refractivity contribution < 1.29 is 17.9 Å². The van der Waals surface area contributed by atoms with Crippen LogP contribution in [0.25, 0.3) is 10.9 Å². The zero-order valence-corrected chi connectivity index (χ0v) is 18.8. The Morgan fingerprint density at radius 1 is 1.12 bits per heavy atom. The van der Waals surface area contributed by atoms with Gasteiger partial charge in [-0.05, 0) is 62.2 Å². The van der Waals surface area contributed by atoms with Gasteiger partial charge in [0, 0.05) is 37.2 Å². The molecule has 0 radical (unpaired) electrons. The molecule has 0 spiro atoms. The lowest BCUT2D eigenvalue weighted by atomic mass is 10.1. The van der Waals surface area contributed by atoms with Crippen LogP contribution in [0, 0.1) is 0 Å². The van der Waals surface area contributed by atoms with Crippen LogP contribution in [0.2, 0.25) is 0 Å². The van der Waals surface area contributed by atoms with Crippen LogP contribution in [0.3, 0.4) is 0 Å². The van der Waals surface area contributed by atoms with Gasteiger partial charge in [-0.2, -0.15) is 0 Å². The van der Waals surface area contributed by atoms with Crippen LogP contribution in [0.5, 0.6) is 5.75 Å². The van der Waals surface area contributed by atoms with Gasteiger partial charge >= 0.3 is 0 Å². The van der Waals surface area contributed by atoms with E-state index in [0.717, 1.165) is 17.1 Å². The largest absolute Gasteiger partial charge is 0.494 e. The molecule has 0 aliphatic carbocycles. The summed E-state index contributed by atoms with van der Waals surface area (Å²) in [6.45, 7) is 3.63. The molecule has 1 N–H and O–H groups in total. The predicted octanol–water partition coefficient (Wildman–Crippen LogP) is 2.99. The van der Waals surface area contributed by atoms with E-state index >= 15 is 0 Å². The van der Waals surface area contributed by atoms with Crippen LogP contribution in [-0.4, -0.2) is 51.0 Å². The molecule has 1 fully saturated rings. The van der Waals surface area contributed by atoms with Crippen molar-refractivity contribution in [2.24, 2.45) is 0 Å². The van der Waals surface area contributed by atoms with E-state index in [1.807, 2.05) is 6.92 Å². The number of nitrogens with zero attached hydrogens (tertiary/aromatic N) is 2. The maximum Gasteiger partial charge on any atom is 0.264 e. The number of H-pyrrole nitrogens is 1. The maximum absolute atomic E-state index is 13.2. The summed E-state index contributed by atoms with van der Waals surface area (Å²) in [5, 5.41) is 0.163. The number of ether oxygens (including phenoxy) is 1. The van der Waals surface area contributed by atoms with E-state index < -0.39 is 15.5 Å². The summed E-state index contributed by atoms with van der Waals surface area (Å²) in [5.41, 5.74) is 0.473. The van der Waals surface area contributed by atoms with Crippen molar-refractivity contribution in [2.75, 3.05) is 31.0 Å². The van der Waals surface area contributed by atoms with Crippen LogP contribution in [0.15, 0.2) is 58.4 Å². The minimum absolute atomic E-state index is 0.0221. The highest BCUT2D eigenvalue weighted by Gasteiger charge is 2.25. The number of carbonyl (C=O) groups excluding carboxylic acids is 1. The number of rotatable bonds is 6. The van der Waals surface area contributed by atoms with Gasteiger partial charge in [-0.15, -0.1) is 0 Å². The fourth-order valence-corrected chi connectivity index (χ4v) is 5.05. The second-order valence-electron chi connectivity index (χ2n) is 7.64. The van der Waals surface area contributed by atoms with Crippen LogP contribution in [0.4, 0.5) is 5.69 Å². The van der Waals surface area contributed by atoms with Gasteiger partial charge in [-0.25, -0.2) is 8.42 Å². The fraction of sp³-hybridized carbons (Fsp3) is 0.304. The summed E-state index contributed by atoms with van der Waals surface area (Å²) in [4.78, 5) is 30.4. The van der Waals surface area contributed by atoms with E-state index in [1.54, 1.807) is 35.2 Å². The standard InChI is InChI=1S/C23H25N3O5S/c1-3-31-17-8-6-16(7-9-17)25(2)32(29,30)18-10-11-21-19(14-18)22(27)20(15-24-21)23(28)26-12-4-5-13-26/h6-11,14-15H,3-5,12-13H2,1-2H3,(H,24,27). The van der Waals surface area contributed by atoms with Crippen molar-refractivity contribution in [3.8, 4) is 5.75 Å². The number of sulfonamides is 1. The maximum atomic E-state index is 13.2. The molecule has 4 rings (SSSR count). The number of hydrogen-bond donors (Lipinski definition) is 1. The number of likely N-dealkylation sites (tertiary alicyclic amines) is 1. The molecule has 0 unspecified atom stereocenters. The SMILES string of the molecule is CCOc1ccc(N(C)S(=O)(=O)c2ccc3[nH]cc(C(=O)N4CCCC4)c(=O)c3c2)cc1. The second-order valence-corrected chi connectivity index (χ2v) is 9.61. The topological polar surface area (TPSA) is 99.8 Å². The smallest absolute Gasteiger partial charge is 0.264 e. The number of aromatic amines is 1. The number of aromatic nitrogens is 1. The van der Waals surface area contributed by atoms with E-state index in [4.69, 9.17) is 4.74 Å². The molecule has 168 valence electrons. The number of benzene rings is 2. The van der Waals surface area contributed by atoms with Crippen molar-refractivity contribution in [1.82, 2.24) is 9.88 Å². The first-order valence-electron chi connectivity index (χ1n) is 10.5. The lowest BCUT2D eigenvalue weighted by Gasteiger charge is -2.20. The first-order valence-corrected chi connectivity index (χ1v) is 11.9. The first kappa shape index (κ1) is 21.9. The molecule has 8 nitrogen and oxygen atoms in total. The highest BCUT2D eigenvalue weighted by Crippen LogP contribution is 2.26. The van der Waals surface area contributed by atoms with Gasteiger partial charge in [0.2, 0.25) is 5.43 Å². The van der Waals surface area contributed by atoms with Crippen LogP contribution in [-0.2, 0) is 10.0 Å². The van der Waals surface area contributed by atoms with Crippen LogP contribution < -0.4 is 14.5 Å². The molecule has 9 heteroatoms. The minimum Gasteiger partial charge on any atom is -0.494 e. The number of hydrogen-bond acceptors (Lipinski definition) is 5. The van der Waals surface area contributed by atoms with Gasteiger partial charge in [-0.1, -0.05) is 0 Å². The Kier molecular flexibility index (Phi) is 5.92. The highest BCUT2D eigenvalue weighted by atomic mass is 32.2. The van der Waals surface area contributed by atoms with Gasteiger partial charge in [0.1, 0.15) is 11.3 Å². The zero-order valence-electron chi connectivity index (χ0n) is 18.0. The van der Waals surface area contributed by atoms with Crippen molar-refractivity contribution in [3.05, 3.63) is 64.4 Å². The van der Waals surface area contributed by atoms with Gasteiger partial charge in [0.05, 0.1) is 17.2 Å². The van der Waals surface area contributed by atoms with Crippen molar-refractivity contribution >= 4 is 32.5 Å². The molecule has 0 atom stereocenters. The number of fused-ring (bicyclic) bond motifs is 1. The molecule has 1 aliphatic rings. The molecule has 1 saturated heterocycles. The molecule has 2 aromatic carbocycles. The van der Waals surface area contributed by atoms with E-state index in [0.29, 0.717) is 36.6 Å². The molecule has 32 heavy (non-hydrogen) atoms. The summed E-state index contributed by atoms with van der Waals surface area (Å²) in [5.74, 6) is 0.319. The number of nitrogens with one attached hydrogen (secondary N) is 1. The van der Waals surface area contributed by atoms with Crippen LogP contribution in [0.1, 0.15) is 30.1 Å². The van der Waals surface area contributed by atoms with Gasteiger partial charge in [-0.3, -0.25) is 13.9 Å². The van der Waals surface area contributed by atoms with Crippen molar-refractivity contribution in [3.63, 3.8) is 0 Å². The quantitative estimate of drug-likeness (QED) is 0.616. The van der Waals surface area contributed by atoms with E-state index in [1.165, 1.54) is 25.4 Å². The third-order valence-electron chi connectivity index (χ3n) is 5.65. The number of amides is 1. The normalized spacial score (nSPS) is 14.0. The van der Waals surface area contributed by atoms with E-state index in [2.05, 4.69) is 4.98 Å². The molecule has 0 bridgehead atoms. The number of carbonyl (C=O) groups is 1. The number of pyridine rings is 1. The summed E-state index contributed by atoms with van der Waals surface area (Å²) < 4.78 is 33.0. The molecule has 1 aromatic heterocycles. The Morgan fingerprint density at radius 2 is 1.81 bits per heavy atom. The Hall–Kier alpha value is -3.33. The molecular formula is C23H25N3O5S. The molecular weight excluding hydrogens is 430 g/mol. The Labute approximate surface area is 186 Å². The molecule has 1 amide bonds. The predicted molar refractivity (Wildman–Crippen MR) is 123 cm³/mol. The third kappa shape index (κ3) is 3.95. The Balaban J connectivity index is 1.70. The highest BCUT2D eigenvalue weighted by molar-refractivity contribution is 7.92. The van der Waals surface area contributed by atoms with Crippen LogP contribution >= 0.6 is 0 Å². The average Bonchev–Trinajstić information content (AvgIpc) is 3.34. The summed E-state index contributed by atoms with van der Waals surface area (Å²) in [6.07, 6.45) is 3.24. The minimum atomic E-state index is -3.93. The Morgan fingerprint density at radius 3 is 2.47 bits per heavy atom. The Bertz CT molecular complexity index is 1310. The van der Waals surface area contributed by atoms with Gasteiger partial charge in [0.15, 0.2) is 0 Å². The van der Waals surface area contributed by atoms with Gasteiger partial charge in [0.25, 0.3) is 15.9 Å². The zero-order chi connectivity index (χ0) is 22.9. The van der Waals surface area contributed by atoms with E-state index in [-0.39, 0.29) is 21.8 Å². The molecule has 0 saturated carbocycles. The average molecular weight is 456 g/mol. The summed E-state index contributed by atoms with van der Waals surface area (Å²) in [7, 11) is -2.48. The summed E-state index contributed by atoms with van der Waals surface area (Å²) in [6, 6.07) is 11.0. The van der Waals surface area contributed by atoms with Gasteiger partial charge < -0.3 is 14.6 Å². The molecule has 1 aliphatic heterocycles. The number of anilines is 1. The third-order valence-corrected chi connectivity index (χ3v) is 7.43. The second kappa shape index (κ2) is 8.66. The monoisotopic (exact) mass is 455 g/mol. The molecule has 3 aromatic rings. The lowest BCUT2D eigenvalue weighted by molar-refractivity contribution is 0.0791. The fourth-order valence-electron chi connectivity index (χ4n) is 3.82. The lowest BCUT2D eigenvalue weighted by Crippen LogP contribution is -2.32. The van der Waals surface area contributed by atoms with Crippen molar-refractivity contribution in [2.45, 2.75) is 24.7 Å². The first-order chi connectivity index (χ1) is 15.3.